The molecule has 3 aromatic rings. The van der Waals surface area contributed by atoms with Gasteiger partial charge in [-0.2, -0.15) is 4.68 Å². The third-order valence-electron chi connectivity index (χ3n) is 6.61. The van der Waals surface area contributed by atoms with E-state index in [0.717, 1.165) is 53.7 Å². The molecule has 1 saturated carbocycles. The van der Waals surface area contributed by atoms with E-state index >= 15 is 0 Å². The minimum absolute atomic E-state index is 0.0102. The van der Waals surface area contributed by atoms with Crippen LogP contribution in [0.1, 0.15) is 41.3 Å². The van der Waals surface area contributed by atoms with Gasteiger partial charge in [-0.05, 0) is 54.2 Å². The lowest BCUT2D eigenvalue weighted by Gasteiger charge is -2.31. The maximum absolute atomic E-state index is 13.6. The first-order chi connectivity index (χ1) is 16.4. The summed E-state index contributed by atoms with van der Waals surface area (Å²) in [5.41, 5.74) is 4.00. The molecule has 0 radical (unpaired) electrons. The monoisotopic (exact) mass is 497 g/mol. The van der Waals surface area contributed by atoms with Crippen LogP contribution in [-0.2, 0) is 19.5 Å². The van der Waals surface area contributed by atoms with Crippen molar-refractivity contribution in [2.24, 2.45) is 5.92 Å². The van der Waals surface area contributed by atoms with Crippen molar-refractivity contribution in [3.63, 3.8) is 0 Å². The first-order valence-electron chi connectivity index (χ1n) is 11.7. The maximum Gasteiger partial charge on any atom is 0.278 e. The van der Waals surface area contributed by atoms with Crippen molar-refractivity contribution in [1.29, 1.82) is 0 Å². The minimum atomic E-state index is -0.0102. The van der Waals surface area contributed by atoms with Gasteiger partial charge in [0.25, 0.3) is 5.56 Å². The summed E-state index contributed by atoms with van der Waals surface area (Å²) >= 11 is 12.1. The predicted molar refractivity (Wildman–Crippen MR) is 138 cm³/mol. The van der Waals surface area contributed by atoms with Gasteiger partial charge >= 0.3 is 0 Å². The molecule has 178 valence electrons. The Kier molecular flexibility index (Phi) is 6.56. The Labute approximate surface area is 210 Å². The number of nitrogens with one attached hydrogen (secondary N) is 1. The lowest BCUT2D eigenvalue weighted by atomic mass is 10.0. The average Bonchev–Trinajstić information content (AvgIpc) is 3.65. The van der Waals surface area contributed by atoms with Crippen LogP contribution in [0.3, 0.4) is 0 Å². The summed E-state index contributed by atoms with van der Waals surface area (Å²) in [6.45, 7) is 2.22. The molecule has 1 atom stereocenters. The molecule has 0 saturated heterocycles. The van der Waals surface area contributed by atoms with E-state index in [9.17, 15) is 4.79 Å². The van der Waals surface area contributed by atoms with Crippen molar-refractivity contribution in [1.82, 2.24) is 14.6 Å². The zero-order valence-electron chi connectivity index (χ0n) is 19.5. The molecule has 6 nitrogen and oxygen atoms in total. The molecule has 1 N–H and O–H groups in total. The fraction of sp³-hybridized carbons (Fsp3) is 0.385. The van der Waals surface area contributed by atoms with Gasteiger partial charge in [0, 0.05) is 50.2 Å². The van der Waals surface area contributed by atoms with Crippen molar-refractivity contribution in [2.45, 2.75) is 38.4 Å². The van der Waals surface area contributed by atoms with Gasteiger partial charge in [0.15, 0.2) is 0 Å². The number of rotatable bonds is 7. The fourth-order valence-electron chi connectivity index (χ4n) is 4.68. The Morgan fingerprint density at radius 3 is 2.32 bits per heavy atom. The summed E-state index contributed by atoms with van der Waals surface area (Å²) in [7, 11) is 3.76. The molecule has 34 heavy (non-hydrogen) atoms. The molecule has 5 rings (SSSR count). The number of benzene rings is 2. The molecule has 1 aliphatic heterocycles. The summed E-state index contributed by atoms with van der Waals surface area (Å²) < 4.78 is 1.66. The first-order valence-corrected chi connectivity index (χ1v) is 12.5. The van der Waals surface area contributed by atoms with Crippen molar-refractivity contribution < 1.29 is 0 Å². The standard InChI is InChI=1S/C26H29Cl2N5O/c1-31(2)33-25(34)22-16-32(15-17-3-9-20(27)10-4-17)14-13-23(22)29-26(33)30-24(18-5-6-18)19-7-11-21(28)12-8-19/h3-4,7-12,18,24H,5-6,13-16H2,1-2H3,(H,29,30). The third kappa shape index (κ3) is 4.95. The molecule has 0 spiro atoms. The number of halogens is 2. The van der Waals surface area contributed by atoms with Crippen molar-refractivity contribution in [2.75, 3.05) is 31.0 Å². The van der Waals surface area contributed by atoms with Gasteiger partial charge in [-0.15, -0.1) is 0 Å². The van der Waals surface area contributed by atoms with E-state index < -0.39 is 0 Å². The molecule has 2 aliphatic rings. The Hall–Kier alpha value is -2.54. The average molecular weight is 498 g/mol. The molecular formula is C26H29Cl2N5O. The fourth-order valence-corrected chi connectivity index (χ4v) is 4.93. The van der Waals surface area contributed by atoms with E-state index in [1.165, 1.54) is 11.1 Å². The van der Waals surface area contributed by atoms with Gasteiger partial charge in [-0.3, -0.25) is 9.69 Å². The van der Waals surface area contributed by atoms with Crippen molar-refractivity contribution in [3.8, 4) is 0 Å². The second-order valence-electron chi connectivity index (χ2n) is 9.42. The SMILES string of the molecule is CN(C)n1c(NC(c2ccc(Cl)cc2)C2CC2)nc2c(c1=O)CN(Cc1ccc(Cl)cc1)CC2. The third-order valence-corrected chi connectivity index (χ3v) is 7.12. The normalized spacial score (nSPS) is 16.7. The van der Waals surface area contributed by atoms with E-state index in [-0.39, 0.29) is 11.6 Å². The number of hydrogen-bond acceptors (Lipinski definition) is 5. The maximum atomic E-state index is 13.6. The molecule has 1 fully saturated rings. The summed E-state index contributed by atoms with van der Waals surface area (Å²) in [6, 6.07) is 15.9. The Morgan fingerprint density at radius 1 is 1.06 bits per heavy atom. The summed E-state index contributed by atoms with van der Waals surface area (Å²) in [5.74, 6) is 1.13. The quantitative estimate of drug-likeness (QED) is 0.504. The highest BCUT2D eigenvalue weighted by atomic mass is 35.5. The van der Waals surface area contributed by atoms with Crippen LogP contribution in [0.5, 0.6) is 0 Å². The Bertz CT molecular complexity index is 1220. The molecule has 1 aromatic heterocycles. The molecule has 2 aromatic carbocycles. The van der Waals surface area contributed by atoms with Crippen LogP contribution in [0, 0.1) is 5.92 Å². The van der Waals surface area contributed by atoms with Crippen LogP contribution in [0.4, 0.5) is 5.95 Å². The van der Waals surface area contributed by atoms with E-state index in [1.807, 2.05) is 55.5 Å². The van der Waals surface area contributed by atoms with E-state index in [4.69, 9.17) is 28.2 Å². The zero-order valence-corrected chi connectivity index (χ0v) is 21.0. The van der Waals surface area contributed by atoms with Crippen molar-refractivity contribution >= 4 is 29.2 Å². The lowest BCUT2D eigenvalue weighted by Crippen LogP contribution is -2.44. The zero-order chi connectivity index (χ0) is 23.8. The van der Waals surface area contributed by atoms with Crippen LogP contribution in [0.2, 0.25) is 10.0 Å². The molecule has 0 amide bonds. The highest BCUT2D eigenvalue weighted by Gasteiger charge is 2.34. The number of hydrogen-bond donors (Lipinski definition) is 1. The molecule has 1 aliphatic carbocycles. The van der Waals surface area contributed by atoms with Crippen LogP contribution >= 0.6 is 23.2 Å². The Balaban J connectivity index is 1.43. The number of aromatic nitrogens is 2. The van der Waals surface area contributed by atoms with Crippen molar-refractivity contribution in [3.05, 3.63) is 91.3 Å². The number of anilines is 1. The minimum Gasteiger partial charge on any atom is -0.347 e. The molecule has 1 unspecified atom stereocenters. The second kappa shape index (κ2) is 9.61. The molecular weight excluding hydrogens is 469 g/mol. The smallest absolute Gasteiger partial charge is 0.278 e. The summed E-state index contributed by atoms with van der Waals surface area (Å²) in [4.78, 5) is 20.9. The van der Waals surface area contributed by atoms with Gasteiger partial charge in [0.05, 0.1) is 17.3 Å². The highest BCUT2D eigenvalue weighted by molar-refractivity contribution is 6.30. The lowest BCUT2D eigenvalue weighted by molar-refractivity contribution is 0.241. The molecule has 0 bridgehead atoms. The summed E-state index contributed by atoms with van der Waals surface area (Å²) in [6.07, 6.45) is 3.07. The molecule has 2 heterocycles. The van der Waals surface area contributed by atoms with Crippen LogP contribution in [0.15, 0.2) is 53.3 Å². The summed E-state index contributed by atoms with van der Waals surface area (Å²) in [5, 5.41) is 6.87. The number of nitrogens with zero attached hydrogens (tertiary/aromatic N) is 4. The predicted octanol–water partition coefficient (Wildman–Crippen LogP) is 4.87. The Morgan fingerprint density at radius 2 is 1.71 bits per heavy atom. The number of fused-ring (bicyclic) bond motifs is 1. The largest absolute Gasteiger partial charge is 0.347 e. The first kappa shape index (κ1) is 23.2. The second-order valence-corrected chi connectivity index (χ2v) is 10.3. The van der Waals surface area contributed by atoms with Crippen LogP contribution in [-0.4, -0.2) is 35.2 Å². The van der Waals surface area contributed by atoms with E-state index in [1.54, 1.807) is 4.68 Å². The van der Waals surface area contributed by atoms with E-state index in [0.29, 0.717) is 18.4 Å². The van der Waals surface area contributed by atoms with Crippen LogP contribution in [0.25, 0.3) is 0 Å². The highest BCUT2D eigenvalue weighted by Crippen LogP contribution is 2.43. The van der Waals surface area contributed by atoms with Gasteiger partial charge in [0.2, 0.25) is 5.95 Å². The van der Waals surface area contributed by atoms with E-state index in [2.05, 4.69) is 22.3 Å². The topological polar surface area (TPSA) is 53.4 Å². The van der Waals surface area contributed by atoms with Gasteiger partial charge in [-0.25, -0.2) is 4.98 Å². The van der Waals surface area contributed by atoms with Gasteiger partial charge < -0.3 is 10.3 Å². The van der Waals surface area contributed by atoms with Gasteiger partial charge in [0.1, 0.15) is 0 Å². The van der Waals surface area contributed by atoms with Gasteiger partial charge in [-0.1, -0.05) is 47.5 Å². The molecule has 8 heteroatoms. The van der Waals surface area contributed by atoms with Crippen LogP contribution < -0.4 is 15.9 Å².